The number of hydrogen-bond donors (Lipinski definition) is 3. The van der Waals surface area contributed by atoms with E-state index in [1.54, 1.807) is 24.3 Å². The number of aryl methyl sites for hydroxylation is 1. The maximum absolute atomic E-state index is 13.6. The second-order valence-corrected chi connectivity index (χ2v) is 6.59. The molecule has 0 saturated heterocycles. The number of carbonyl (C=O) groups excluding carboxylic acids is 1. The Morgan fingerprint density at radius 1 is 0.900 bits per heavy atom. The highest BCUT2D eigenvalue weighted by atomic mass is 19.2. The van der Waals surface area contributed by atoms with E-state index in [0.717, 1.165) is 23.6 Å². The molecule has 2 aromatic carbocycles. The SMILES string of the molecule is Cc1cc(N(C)C)nc(Nc2ccc(NC(=O)Nc3ccc(F)c(F)c3F)cc2)n1. The third-order valence-corrected chi connectivity index (χ3v) is 3.98. The van der Waals surface area contributed by atoms with Crippen LogP contribution >= 0.6 is 0 Å². The van der Waals surface area contributed by atoms with Crippen LogP contribution in [0, 0.1) is 24.4 Å². The van der Waals surface area contributed by atoms with Crippen molar-refractivity contribution in [2.45, 2.75) is 6.92 Å². The van der Waals surface area contributed by atoms with E-state index in [2.05, 4.69) is 25.9 Å². The van der Waals surface area contributed by atoms with Gasteiger partial charge in [0.05, 0.1) is 5.69 Å². The first kappa shape index (κ1) is 20.9. The minimum absolute atomic E-state index is 0.403. The lowest BCUT2D eigenvalue weighted by Gasteiger charge is -2.14. The zero-order chi connectivity index (χ0) is 21.8. The monoisotopic (exact) mass is 416 g/mol. The second kappa shape index (κ2) is 8.68. The van der Waals surface area contributed by atoms with E-state index in [9.17, 15) is 18.0 Å². The van der Waals surface area contributed by atoms with Crippen molar-refractivity contribution in [1.29, 1.82) is 0 Å². The molecule has 0 aliphatic heterocycles. The molecule has 3 N–H and O–H groups in total. The average molecular weight is 416 g/mol. The Kier molecular flexibility index (Phi) is 6.05. The van der Waals surface area contributed by atoms with Crippen molar-refractivity contribution in [3.8, 4) is 0 Å². The molecule has 1 aromatic heterocycles. The highest BCUT2D eigenvalue weighted by Crippen LogP contribution is 2.21. The van der Waals surface area contributed by atoms with E-state index in [1.165, 1.54) is 0 Å². The standard InChI is InChI=1S/C20H19F3N6O/c1-11-10-16(29(2)3)28-19(24-11)25-12-4-6-13(7-5-12)26-20(30)27-15-9-8-14(21)17(22)18(15)23/h4-10H,1-3H3,(H,24,25,28)(H2,26,27,30). The predicted octanol–water partition coefficient (Wildman–Crippen LogP) is 4.66. The molecule has 0 spiro atoms. The van der Waals surface area contributed by atoms with Gasteiger partial charge in [-0.2, -0.15) is 4.98 Å². The van der Waals surface area contributed by atoms with Crippen LogP contribution in [0.3, 0.4) is 0 Å². The summed E-state index contributed by atoms with van der Waals surface area (Å²) >= 11 is 0. The van der Waals surface area contributed by atoms with E-state index >= 15 is 0 Å². The predicted molar refractivity (Wildman–Crippen MR) is 110 cm³/mol. The third kappa shape index (κ3) is 4.96. The molecule has 0 aliphatic rings. The van der Waals surface area contributed by atoms with E-state index in [1.807, 2.05) is 32.0 Å². The quantitative estimate of drug-likeness (QED) is 0.527. The summed E-state index contributed by atoms with van der Waals surface area (Å²) in [6.07, 6.45) is 0. The van der Waals surface area contributed by atoms with Crippen LogP contribution in [0.1, 0.15) is 5.69 Å². The van der Waals surface area contributed by atoms with Crippen LogP contribution < -0.4 is 20.9 Å². The zero-order valence-corrected chi connectivity index (χ0v) is 16.4. The number of carbonyl (C=O) groups is 1. The van der Waals surface area contributed by atoms with Gasteiger partial charge in [0.2, 0.25) is 5.95 Å². The maximum Gasteiger partial charge on any atom is 0.323 e. The van der Waals surface area contributed by atoms with Gasteiger partial charge in [-0.05, 0) is 43.3 Å². The Morgan fingerprint density at radius 2 is 1.57 bits per heavy atom. The van der Waals surface area contributed by atoms with Crippen molar-refractivity contribution >= 4 is 34.9 Å². The molecule has 0 bridgehead atoms. The highest BCUT2D eigenvalue weighted by Gasteiger charge is 2.15. The Labute approximate surface area is 171 Å². The van der Waals surface area contributed by atoms with Gasteiger partial charge in [0.25, 0.3) is 0 Å². The number of rotatable bonds is 5. The number of hydrogen-bond acceptors (Lipinski definition) is 5. The summed E-state index contributed by atoms with van der Waals surface area (Å²) in [5.41, 5.74) is 1.41. The lowest BCUT2D eigenvalue weighted by Crippen LogP contribution is -2.20. The lowest BCUT2D eigenvalue weighted by atomic mass is 10.2. The molecule has 0 saturated carbocycles. The Balaban J connectivity index is 1.65. The minimum Gasteiger partial charge on any atom is -0.363 e. The molecule has 0 unspecified atom stereocenters. The van der Waals surface area contributed by atoms with Crippen LogP contribution in [-0.4, -0.2) is 30.1 Å². The molecule has 156 valence electrons. The maximum atomic E-state index is 13.6. The van der Waals surface area contributed by atoms with Gasteiger partial charge in [0, 0.05) is 37.2 Å². The van der Waals surface area contributed by atoms with Crippen molar-refractivity contribution < 1.29 is 18.0 Å². The normalized spacial score (nSPS) is 10.5. The molecule has 3 aromatic rings. The van der Waals surface area contributed by atoms with E-state index < -0.39 is 29.2 Å². The van der Waals surface area contributed by atoms with Crippen LogP contribution in [0.15, 0.2) is 42.5 Å². The summed E-state index contributed by atoms with van der Waals surface area (Å²) in [5, 5.41) is 7.68. The summed E-state index contributed by atoms with van der Waals surface area (Å²) in [5.74, 6) is -3.29. The van der Waals surface area contributed by atoms with Gasteiger partial charge in [-0.15, -0.1) is 0 Å². The zero-order valence-electron chi connectivity index (χ0n) is 16.4. The van der Waals surface area contributed by atoms with E-state index in [4.69, 9.17) is 0 Å². The first-order valence-electron chi connectivity index (χ1n) is 8.84. The molecular formula is C20H19F3N6O. The van der Waals surface area contributed by atoms with Crippen LogP contribution in [0.4, 0.5) is 46.8 Å². The number of nitrogens with zero attached hydrogens (tertiary/aromatic N) is 3. The molecule has 0 atom stereocenters. The highest BCUT2D eigenvalue weighted by molar-refractivity contribution is 5.99. The Bertz CT molecular complexity index is 1070. The molecular weight excluding hydrogens is 397 g/mol. The molecule has 3 rings (SSSR count). The second-order valence-electron chi connectivity index (χ2n) is 6.59. The number of nitrogens with one attached hydrogen (secondary N) is 3. The Morgan fingerprint density at radius 3 is 2.23 bits per heavy atom. The summed E-state index contributed by atoms with van der Waals surface area (Å²) in [4.78, 5) is 22.6. The van der Waals surface area contributed by atoms with Gasteiger partial charge in [0.1, 0.15) is 5.82 Å². The van der Waals surface area contributed by atoms with Gasteiger partial charge < -0.3 is 20.9 Å². The van der Waals surface area contributed by atoms with Gasteiger partial charge in [0.15, 0.2) is 17.5 Å². The summed E-state index contributed by atoms with van der Waals surface area (Å²) in [7, 11) is 3.76. The number of halogens is 3. The van der Waals surface area contributed by atoms with E-state index in [-0.39, 0.29) is 0 Å². The fourth-order valence-corrected chi connectivity index (χ4v) is 2.51. The molecule has 1 heterocycles. The minimum atomic E-state index is -1.65. The van der Waals surface area contributed by atoms with Gasteiger partial charge in [-0.3, -0.25) is 0 Å². The smallest absolute Gasteiger partial charge is 0.323 e. The van der Waals surface area contributed by atoms with Crippen molar-refractivity contribution in [2.75, 3.05) is 34.9 Å². The summed E-state index contributed by atoms with van der Waals surface area (Å²) in [6, 6.07) is 9.29. The molecule has 7 nitrogen and oxygen atoms in total. The largest absolute Gasteiger partial charge is 0.363 e. The first-order valence-corrected chi connectivity index (χ1v) is 8.84. The van der Waals surface area contributed by atoms with Crippen LogP contribution in [0.5, 0.6) is 0 Å². The van der Waals surface area contributed by atoms with Crippen molar-refractivity contribution in [3.63, 3.8) is 0 Å². The Hall–Kier alpha value is -3.82. The molecule has 2 amide bonds. The van der Waals surface area contributed by atoms with Gasteiger partial charge >= 0.3 is 6.03 Å². The van der Waals surface area contributed by atoms with Crippen molar-refractivity contribution in [1.82, 2.24) is 9.97 Å². The fourth-order valence-electron chi connectivity index (χ4n) is 2.51. The van der Waals surface area contributed by atoms with Crippen LogP contribution in [0.25, 0.3) is 0 Å². The molecule has 0 radical (unpaired) electrons. The third-order valence-electron chi connectivity index (χ3n) is 3.98. The topological polar surface area (TPSA) is 82.2 Å². The van der Waals surface area contributed by atoms with Crippen molar-refractivity contribution in [3.05, 3.63) is 65.6 Å². The first-order chi connectivity index (χ1) is 14.2. The number of aromatic nitrogens is 2. The molecule has 10 heteroatoms. The van der Waals surface area contributed by atoms with Crippen LogP contribution in [-0.2, 0) is 0 Å². The number of urea groups is 1. The van der Waals surface area contributed by atoms with Gasteiger partial charge in [-0.1, -0.05) is 0 Å². The molecule has 0 aliphatic carbocycles. The average Bonchev–Trinajstić information content (AvgIpc) is 2.69. The van der Waals surface area contributed by atoms with Crippen LogP contribution in [0.2, 0.25) is 0 Å². The number of amides is 2. The summed E-state index contributed by atoms with van der Waals surface area (Å²) in [6.45, 7) is 1.86. The lowest BCUT2D eigenvalue weighted by molar-refractivity contribution is 0.262. The number of benzene rings is 2. The fraction of sp³-hybridized carbons (Fsp3) is 0.150. The summed E-state index contributed by atoms with van der Waals surface area (Å²) < 4.78 is 39.9. The van der Waals surface area contributed by atoms with E-state index in [0.29, 0.717) is 17.3 Å². The number of anilines is 5. The van der Waals surface area contributed by atoms with Gasteiger partial charge in [-0.25, -0.2) is 22.9 Å². The van der Waals surface area contributed by atoms with Crippen molar-refractivity contribution in [2.24, 2.45) is 0 Å². The molecule has 0 fully saturated rings. The molecule has 30 heavy (non-hydrogen) atoms.